The Bertz CT molecular complexity index is 394. The second-order valence-electron chi connectivity index (χ2n) is 3.89. The first-order chi connectivity index (χ1) is 8.70. The van der Waals surface area contributed by atoms with Gasteiger partial charge in [0, 0.05) is 31.5 Å². The lowest BCUT2D eigenvalue weighted by atomic mass is 10.3. The number of aromatic nitrogens is 2. The molecular weight excluding hydrogens is 228 g/mol. The number of likely N-dealkylation sites (N-methyl/N-ethyl adjacent to an activating group) is 1. The van der Waals surface area contributed by atoms with Crippen LogP contribution >= 0.6 is 0 Å². The molecule has 0 radical (unpaired) electrons. The van der Waals surface area contributed by atoms with E-state index in [0.717, 1.165) is 25.3 Å². The third-order valence-electron chi connectivity index (χ3n) is 2.77. The molecule has 2 heterocycles. The Hall–Kier alpha value is -1.65. The molecule has 5 heteroatoms. The topological polar surface area (TPSA) is 49.3 Å². The molecule has 1 amide bonds. The number of piperazine rings is 1. The minimum absolute atomic E-state index is 0.152. The van der Waals surface area contributed by atoms with Crippen LogP contribution in [0.15, 0.2) is 12.3 Å². The van der Waals surface area contributed by atoms with E-state index in [1.165, 1.54) is 0 Å². The van der Waals surface area contributed by atoms with Crippen molar-refractivity contribution in [3.05, 3.63) is 18.0 Å². The van der Waals surface area contributed by atoms with Crippen molar-refractivity contribution >= 4 is 11.9 Å². The fraction of sp³-hybridized carbons (Fsp3) is 0.615. The number of carbonyl (C=O) groups excluding carboxylic acids is 1. The summed E-state index contributed by atoms with van der Waals surface area (Å²) in [6.45, 7) is 10.7. The van der Waals surface area contributed by atoms with Gasteiger partial charge in [-0.2, -0.15) is 0 Å². The van der Waals surface area contributed by atoms with E-state index < -0.39 is 0 Å². The second-order valence-corrected chi connectivity index (χ2v) is 3.89. The summed E-state index contributed by atoms with van der Waals surface area (Å²) < 4.78 is 0. The fourth-order valence-corrected chi connectivity index (χ4v) is 1.80. The summed E-state index contributed by atoms with van der Waals surface area (Å²) in [6, 6.07) is 1.85. The first-order valence-corrected chi connectivity index (χ1v) is 6.53. The summed E-state index contributed by atoms with van der Waals surface area (Å²) in [5.74, 6) is 0.808. The minimum atomic E-state index is 0.152. The van der Waals surface area contributed by atoms with E-state index in [1.807, 2.05) is 43.6 Å². The highest BCUT2D eigenvalue weighted by Crippen LogP contribution is 2.11. The summed E-state index contributed by atoms with van der Waals surface area (Å²) in [4.78, 5) is 24.0. The smallest absolute Gasteiger partial charge is 0.242 e. The standard InChI is InChI=1S/C11H16N4O.C2H6/c1-3-14-6-7-15(8-10(14)16)11-12-5-4-9(2)13-11;1-2/h4-5H,3,6-8H2,1-2H3;1-2H3. The highest BCUT2D eigenvalue weighted by atomic mass is 16.2. The van der Waals surface area contributed by atoms with Crippen molar-refractivity contribution in [2.24, 2.45) is 0 Å². The third kappa shape index (κ3) is 3.42. The first-order valence-electron chi connectivity index (χ1n) is 6.53. The van der Waals surface area contributed by atoms with Gasteiger partial charge in [-0.15, -0.1) is 0 Å². The summed E-state index contributed by atoms with van der Waals surface area (Å²) in [5.41, 5.74) is 0.926. The van der Waals surface area contributed by atoms with E-state index in [4.69, 9.17) is 0 Å². The number of rotatable bonds is 2. The zero-order chi connectivity index (χ0) is 13.5. The lowest BCUT2D eigenvalue weighted by Gasteiger charge is -2.33. The molecule has 0 N–H and O–H groups in total. The van der Waals surface area contributed by atoms with Gasteiger partial charge in [-0.1, -0.05) is 13.8 Å². The van der Waals surface area contributed by atoms with Crippen LogP contribution in [0.1, 0.15) is 26.5 Å². The number of carbonyl (C=O) groups is 1. The van der Waals surface area contributed by atoms with Crippen LogP contribution in [-0.2, 0) is 4.79 Å². The SMILES string of the molecule is CC.CCN1CCN(c2nccc(C)n2)CC1=O. The lowest BCUT2D eigenvalue weighted by Crippen LogP contribution is -2.50. The Morgan fingerprint density at radius 1 is 1.33 bits per heavy atom. The number of hydrogen-bond acceptors (Lipinski definition) is 4. The number of hydrogen-bond donors (Lipinski definition) is 0. The maximum absolute atomic E-state index is 11.7. The van der Waals surface area contributed by atoms with Gasteiger partial charge in [-0.25, -0.2) is 9.97 Å². The molecule has 0 bridgehead atoms. The van der Waals surface area contributed by atoms with E-state index in [1.54, 1.807) is 6.20 Å². The molecule has 100 valence electrons. The van der Waals surface area contributed by atoms with Crippen LogP contribution in [0.25, 0.3) is 0 Å². The molecule has 1 aromatic rings. The van der Waals surface area contributed by atoms with Crippen molar-refractivity contribution in [2.75, 3.05) is 31.1 Å². The molecule has 1 aromatic heterocycles. The molecule has 0 unspecified atom stereocenters. The molecule has 1 aliphatic heterocycles. The molecule has 0 aliphatic carbocycles. The average molecular weight is 250 g/mol. The zero-order valence-electron chi connectivity index (χ0n) is 11.7. The second kappa shape index (κ2) is 6.93. The van der Waals surface area contributed by atoms with Crippen LogP contribution < -0.4 is 4.90 Å². The summed E-state index contributed by atoms with van der Waals surface area (Å²) in [5, 5.41) is 0. The number of nitrogens with zero attached hydrogens (tertiary/aromatic N) is 4. The number of anilines is 1. The maximum Gasteiger partial charge on any atom is 0.242 e. The molecule has 18 heavy (non-hydrogen) atoms. The molecule has 1 fully saturated rings. The maximum atomic E-state index is 11.7. The van der Waals surface area contributed by atoms with Crippen molar-refractivity contribution in [2.45, 2.75) is 27.7 Å². The molecule has 0 saturated carbocycles. The van der Waals surface area contributed by atoms with Gasteiger partial charge in [-0.3, -0.25) is 4.79 Å². The van der Waals surface area contributed by atoms with Crippen molar-refractivity contribution in [3.8, 4) is 0 Å². The summed E-state index contributed by atoms with van der Waals surface area (Å²) in [6.07, 6.45) is 1.73. The molecule has 0 aromatic carbocycles. The van der Waals surface area contributed by atoms with Gasteiger partial charge < -0.3 is 9.80 Å². The van der Waals surface area contributed by atoms with Crippen LogP contribution in [0, 0.1) is 6.92 Å². The lowest BCUT2D eigenvalue weighted by molar-refractivity contribution is -0.130. The Morgan fingerprint density at radius 2 is 2.06 bits per heavy atom. The zero-order valence-corrected chi connectivity index (χ0v) is 11.7. The van der Waals surface area contributed by atoms with Gasteiger partial charge in [0.1, 0.15) is 0 Å². The number of amides is 1. The summed E-state index contributed by atoms with van der Waals surface area (Å²) >= 11 is 0. The molecule has 1 saturated heterocycles. The van der Waals surface area contributed by atoms with Crippen LogP contribution in [-0.4, -0.2) is 47.0 Å². The van der Waals surface area contributed by atoms with E-state index in [0.29, 0.717) is 12.5 Å². The van der Waals surface area contributed by atoms with Crippen LogP contribution in [0.3, 0.4) is 0 Å². The van der Waals surface area contributed by atoms with Crippen LogP contribution in [0.4, 0.5) is 5.95 Å². The van der Waals surface area contributed by atoms with Crippen molar-refractivity contribution in [1.82, 2.24) is 14.9 Å². The van der Waals surface area contributed by atoms with Crippen molar-refractivity contribution in [3.63, 3.8) is 0 Å². The Labute approximate surface area is 109 Å². The molecule has 5 nitrogen and oxygen atoms in total. The molecule has 0 atom stereocenters. The largest absolute Gasteiger partial charge is 0.340 e. The van der Waals surface area contributed by atoms with Gasteiger partial charge in [0.05, 0.1) is 6.54 Å². The van der Waals surface area contributed by atoms with Gasteiger partial charge in [-0.05, 0) is 19.9 Å². The Balaban J connectivity index is 0.000000771. The van der Waals surface area contributed by atoms with E-state index in [2.05, 4.69) is 9.97 Å². The van der Waals surface area contributed by atoms with E-state index in [9.17, 15) is 4.79 Å². The van der Waals surface area contributed by atoms with Crippen LogP contribution in [0.2, 0.25) is 0 Å². The first kappa shape index (κ1) is 14.4. The highest BCUT2D eigenvalue weighted by Gasteiger charge is 2.24. The monoisotopic (exact) mass is 250 g/mol. The Morgan fingerprint density at radius 3 is 2.61 bits per heavy atom. The minimum Gasteiger partial charge on any atom is -0.340 e. The average Bonchev–Trinajstić information content (AvgIpc) is 2.41. The third-order valence-corrected chi connectivity index (χ3v) is 2.77. The quantitative estimate of drug-likeness (QED) is 0.797. The molecule has 0 spiro atoms. The van der Waals surface area contributed by atoms with Gasteiger partial charge in [0.15, 0.2) is 0 Å². The van der Waals surface area contributed by atoms with Gasteiger partial charge in [0.2, 0.25) is 11.9 Å². The van der Waals surface area contributed by atoms with Crippen LogP contribution in [0.5, 0.6) is 0 Å². The van der Waals surface area contributed by atoms with E-state index in [-0.39, 0.29) is 5.91 Å². The predicted octanol–water partition coefficient (Wildman–Crippen LogP) is 1.48. The van der Waals surface area contributed by atoms with Gasteiger partial charge >= 0.3 is 0 Å². The fourth-order valence-electron chi connectivity index (χ4n) is 1.80. The number of aryl methyl sites for hydroxylation is 1. The van der Waals surface area contributed by atoms with Crippen molar-refractivity contribution < 1.29 is 4.79 Å². The molecule has 2 rings (SSSR count). The van der Waals surface area contributed by atoms with Crippen molar-refractivity contribution in [1.29, 1.82) is 0 Å². The molecule has 1 aliphatic rings. The summed E-state index contributed by atoms with van der Waals surface area (Å²) in [7, 11) is 0. The predicted molar refractivity (Wildman–Crippen MR) is 72.6 cm³/mol. The van der Waals surface area contributed by atoms with E-state index >= 15 is 0 Å². The highest BCUT2D eigenvalue weighted by molar-refractivity contribution is 5.82. The molecular formula is C13H22N4O. The Kier molecular flexibility index (Phi) is 5.55. The normalized spacial score (nSPS) is 15.2. The van der Waals surface area contributed by atoms with Gasteiger partial charge in [0.25, 0.3) is 0 Å².